The molecule has 0 amide bonds. The molecule has 1 aliphatic heterocycles. The van der Waals surface area contributed by atoms with Gasteiger partial charge in [-0.3, -0.25) is 9.80 Å². The molecule has 1 aromatic rings. The Morgan fingerprint density at radius 3 is 2.53 bits per heavy atom. The van der Waals surface area contributed by atoms with Crippen LogP contribution in [0.3, 0.4) is 0 Å². The van der Waals surface area contributed by atoms with Crippen molar-refractivity contribution >= 4 is 11.3 Å². The molecule has 2 heterocycles. The van der Waals surface area contributed by atoms with Gasteiger partial charge in [-0.05, 0) is 40.0 Å². The minimum Gasteiger partial charge on any atom is -0.311 e. The fraction of sp³-hybridized carbons (Fsp3) is 0.733. The molecule has 108 valence electrons. The molecule has 1 aromatic heterocycles. The number of piperazine rings is 1. The van der Waals surface area contributed by atoms with Gasteiger partial charge in [-0.25, -0.2) is 0 Å². The van der Waals surface area contributed by atoms with Gasteiger partial charge < -0.3 is 5.32 Å². The molecule has 0 saturated carbocycles. The molecule has 1 N–H and O–H groups in total. The average molecular weight is 281 g/mol. The van der Waals surface area contributed by atoms with Crippen molar-refractivity contribution in [2.24, 2.45) is 0 Å². The van der Waals surface area contributed by atoms with Gasteiger partial charge >= 0.3 is 0 Å². The summed E-state index contributed by atoms with van der Waals surface area (Å²) in [5, 5.41) is 3.56. The Balaban J connectivity index is 1.66. The highest BCUT2D eigenvalue weighted by molar-refractivity contribution is 7.11. The summed E-state index contributed by atoms with van der Waals surface area (Å²) in [7, 11) is 2.24. The zero-order valence-corrected chi connectivity index (χ0v) is 13.5. The van der Waals surface area contributed by atoms with Crippen LogP contribution in [0.25, 0.3) is 0 Å². The number of aryl methyl sites for hydroxylation is 1. The topological polar surface area (TPSA) is 18.5 Å². The molecular formula is C15H27N3S. The lowest BCUT2D eigenvalue weighted by atomic mass is 10.1. The maximum atomic E-state index is 3.56. The standard InChI is InChI=1S/C15H27N3S/c1-12-10-18(11-13(2)17(12)4)8-7-16-9-15-6-5-14(3)19-15/h5-6,12-13,16H,7-11H2,1-4H3. The summed E-state index contributed by atoms with van der Waals surface area (Å²) in [4.78, 5) is 7.91. The van der Waals surface area contributed by atoms with Gasteiger partial charge in [0.05, 0.1) is 0 Å². The molecule has 2 atom stereocenters. The largest absolute Gasteiger partial charge is 0.311 e. The zero-order chi connectivity index (χ0) is 13.8. The molecule has 0 aromatic carbocycles. The highest BCUT2D eigenvalue weighted by Crippen LogP contribution is 2.15. The quantitative estimate of drug-likeness (QED) is 0.835. The van der Waals surface area contributed by atoms with E-state index in [2.05, 4.69) is 55.1 Å². The second-order valence-electron chi connectivity index (χ2n) is 5.81. The van der Waals surface area contributed by atoms with E-state index < -0.39 is 0 Å². The Morgan fingerprint density at radius 1 is 1.26 bits per heavy atom. The molecule has 0 radical (unpaired) electrons. The van der Waals surface area contributed by atoms with Gasteiger partial charge in [-0.2, -0.15) is 0 Å². The van der Waals surface area contributed by atoms with E-state index in [-0.39, 0.29) is 0 Å². The highest BCUT2D eigenvalue weighted by Gasteiger charge is 2.25. The molecule has 0 bridgehead atoms. The van der Waals surface area contributed by atoms with Crippen molar-refractivity contribution in [2.75, 3.05) is 33.2 Å². The Hall–Kier alpha value is -0.420. The molecular weight excluding hydrogens is 254 g/mol. The van der Waals surface area contributed by atoms with Gasteiger partial charge in [0.25, 0.3) is 0 Å². The Morgan fingerprint density at radius 2 is 1.95 bits per heavy atom. The van der Waals surface area contributed by atoms with Crippen molar-refractivity contribution in [2.45, 2.75) is 39.4 Å². The molecule has 0 spiro atoms. The SMILES string of the molecule is Cc1ccc(CNCCN2CC(C)N(C)C(C)C2)s1. The number of nitrogens with one attached hydrogen (secondary N) is 1. The van der Waals surface area contributed by atoms with Crippen molar-refractivity contribution in [1.82, 2.24) is 15.1 Å². The van der Waals surface area contributed by atoms with Crippen LogP contribution in [-0.4, -0.2) is 55.1 Å². The molecule has 19 heavy (non-hydrogen) atoms. The maximum Gasteiger partial charge on any atom is 0.0300 e. The fourth-order valence-electron chi connectivity index (χ4n) is 2.73. The molecule has 1 saturated heterocycles. The van der Waals surface area contributed by atoms with Crippen LogP contribution < -0.4 is 5.32 Å². The number of nitrogens with zero attached hydrogens (tertiary/aromatic N) is 2. The van der Waals surface area contributed by atoms with E-state index >= 15 is 0 Å². The summed E-state index contributed by atoms with van der Waals surface area (Å²) in [5.74, 6) is 0. The van der Waals surface area contributed by atoms with Crippen LogP contribution in [0.2, 0.25) is 0 Å². The predicted molar refractivity (Wildman–Crippen MR) is 83.9 cm³/mol. The van der Waals surface area contributed by atoms with E-state index in [1.165, 1.54) is 22.8 Å². The van der Waals surface area contributed by atoms with Gasteiger partial charge in [0.1, 0.15) is 0 Å². The van der Waals surface area contributed by atoms with Crippen molar-refractivity contribution in [3.8, 4) is 0 Å². The van der Waals surface area contributed by atoms with Crippen LogP contribution in [0.5, 0.6) is 0 Å². The molecule has 2 rings (SSSR count). The number of hydrogen-bond donors (Lipinski definition) is 1. The van der Waals surface area contributed by atoms with E-state index in [4.69, 9.17) is 0 Å². The van der Waals surface area contributed by atoms with Crippen LogP contribution >= 0.6 is 11.3 Å². The average Bonchev–Trinajstić information content (AvgIpc) is 2.77. The lowest BCUT2D eigenvalue weighted by molar-refractivity contribution is 0.0607. The van der Waals surface area contributed by atoms with Crippen molar-refractivity contribution in [3.05, 3.63) is 21.9 Å². The minimum absolute atomic E-state index is 0.670. The number of thiophene rings is 1. The first kappa shape index (κ1) is 15.0. The molecule has 0 aliphatic carbocycles. The van der Waals surface area contributed by atoms with E-state index in [1.807, 2.05) is 11.3 Å². The van der Waals surface area contributed by atoms with Gasteiger partial charge in [-0.1, -0.05) is 0 Å². The maximum absolute atomic E-state index is 3.56. The van der Waals surface area contributed by atoms with Gasteiger partial charge in [0.2, 0.25) is 0 Å². The molecule has 1 fully saturated rings. The highest BCUT2D eigenvalue weighted by atomic mass is 32.1. The Labute approximate surface area is 121 Å². The molecule has 4 heteroatoms. The van der Waals surface area contributed by atoms with E-state index in [9.17, 15) is 0 Å². The van der Waals surface area contributed by atoms with Crippen LogP contribution in [0.4, 0.5) is 0 Å². The number of likely N-dealkylation sites (N-methyl/N-ethyl adjacent to an activating group) is 1. The van der Waals surface area contributed by atoms with Crippen molar-refractivity contribution < 1.29 is 0 Å². The third-order valence-corrected chi connectivity index (χ3v) is 5.14. The lowest BCUT2D eigenvalue weighted by Crippen LogP contribution is -2.55. The summed E-state index contributed by atoms with van der Waals surface area (Å²) in [6, 6.07) is 5.77. The second kappa shape index (κ2) is 6.84. The zero-order valence-electron chi connectivity index (χ0n) is 12.6. The summed E-state index contributed by atoms with van der Waals surface area (Å²) in [6.45, 7) is 12.5. The van der Waals surface area contributed by atoms with E-state index in [0.717, 1.165) is 19.6 Å². The summed E-state index contributed by atoms with van der Waals surface area (Å²) < 4.78 is 0. The second-order valence-corrected chi connectivity index (χ2v) is 7.18. The first-order valence-corrected chi connectivity index (χ1v) is 8.08. The monoisotopic (exact) mass is 281 g/mol. The summed E-state index contributed by atoms with van der Waals surface area (Å²) >= 11 is 1.89. The van der Waals surface area contributed by atoms with Gasteiger partial charge in [0.15, 0.2) is 0 Å². The number of rotatable bonds is 5. The molecule has 1 aliphatic rings. The first-order valence-electron chi connectivity index (χ1n) is 7.26. The van der Waals surface area contributed by atoms with Gasteiger partial charge in [0, 0.05) is 54.6 Å². The number of hydrogen-bond acceptors (Lipinski definition) is 4. The first-order chi connectivity index (χ1) is 9.06. The van der Waals surface area contributed by atoms with Crippen LogP contribution in [0.1, 0.15) is 23.6 Å². The normalized spacial score (nSPS) is 25.9. The molecule has 3 nitrogen and oxygen atoms in total. The third kappa shape index (κ3) is 4.28. The minimum atomic E-state index is 0.670. The van der Waals surface area contributed by atoms with Crippen LogP contribution in [0.15, 0.2) is 12.1 Å². The van der Waals surface area contributed by atoms with E-state index in [1.54, 1.807) is 0 Å². The van der Waals surface area contributed by atoms with Gasteiger partial charge in [-0.15, -0.1) is 11.3 Å². The Kier molecular flexibility index (Phi) is 5.39. The Bertz CT molecular complexity index is 378. The van der Waals surface area contributed by atoms with Crippen molar-refractivity contribution in [3.63, 3.8) is 0 Å². The fourth-order valence-corrected chi connectivity index (χ4v) is 3.59. The summed E-state index contributed by atoms with van der Waals surface area (Å²) in [5.41, 5.74) is 0. The predicted octanol–water partition coefficient (Wildman–Crippen LogP) is 2.17. The summed E-state index contributed by atoms with van der Waals surface area (Å²) in [6.07, 6.45) is 0. The lowest BCUT2D eigenvalue weighted by Gasteiger charge is -2.42. The molecule has 2 unspecified atom stereocenters. The van der Waals surface area contributed by atoms with Crippen molar-refractivity contribution in [1.29, 1.82) is 0 Å². The van der Waals surface area contributed by atoms with Crippen LogP contribution in [0, 0.1) is 6.92 Å². The van der Waals surface area contributed by atoms with E-state index in [0.29, 0.717) is 12.1 Å². The smallest absolute Gasteiger partial charge is 0.0300 e. The third-order valence-electron chi connectivity index (χ3n) is 4.14. The van der Waals surface area contributed by atoms with Crippen LogP contribution in [-0.2, 0) is 6.54 Å².